The first-order valence-electron chi connectivity index (χ1n) is 8.65. The summed E-state index contributed by atoms with van der Waals surface area (Å²) in [4.78, 5) is 27.8. The number of ketones is 1. The number of carbonyl (C=O) groups is 2. The highest BCUT2D eigenvalue weighted by atomic mass is 19.4. The van der Waals surface area contributed by atoms with E-state index in [1.807, 2.05) is 19.9 Å². The predicted octanol–water partition coefficient (Wildman–Crippen LogP) is 3.92. The zero-order valence-electron chi connectivity index (χ0n) is 15.6. The van der Waals surface area contributed by atoms with Crippen molar-refractivity contribution >= 4 is 11.7 Å². The molecule has 0 aliphatic carbocycles. The summed E-state index contributed by atoms with van der Waals surface area (Å²) in [6.45, 7) is 2.54. The molecule has 0 saturated carbocycles. The minimum Gasteiger partial charge on any atom is -0.468 e. The molecule has 1 heterocycles. The highest BCUT2D eigenvalue weighted by molar-refractivity contribution is 5.98. The standard InChI is InChI=1S/C20H21F3N2O3/c1-13-3-4-16(9-14(13)2)17(26)5-6-18(27)25-11-15-7-8-24-19(10-15)28-12-20(21,22)23/h3-4,7-10H,5-6,11-12H2,1-2H3,(H,25,27). The Hall–Kier alpha value is -2.90. The molecule has 8 heteroatoms. The molecular formula is C20H21F3N2O3. The molecule has 0 aliphatic rings. The van der Waals surface area contributed by atoms with Crippen LogP contribution in [-0.4, -0.2) is 29.5 Å². The van der Waals surface area contributed by atoms with E-state index in [9.17, 15) is 22.8 Å². The topological polar surface area (TPSA) is 68.3 Å². The maximum absolute atomic E-state index is 12.2. The molecule has 0 saturated heterocycles. The van der Waals surface area contributed by atoms with Crippen LogP contribution in [0.25, 0.3) is 0 Å². The Bertz CT molecular complexity index is 851. The third-order valence-corrected chi connectivity index (χ3v) is 4.08. The lowest BCUT2D eigenvalue weighted by atomic mass is 10.0. The maximum Gasteiger partial charge on any atom is 0.422 e. The highest BCUT2D eigenvalue weighted by Gasteiger charge is 2.28. The fourth-order valence-corrected chi connectivity index (χ4v) is 2.37. The molecule has 0 fully saturated rings. The van der Waals surface area contributed by atoms with Gasteiger partial charge in [0.15, 0.2) is 12.4 Å². The van der Waals surface area contributed by atoms with Gasteiger partial charge in [-0.2, -0.15) is 13.2 Å². The van der Waals surface area contributed by atoms with Gasteiger partial charge in [0.25, 0.3) is 0 Å². The van der Waals surface area contributed by atoms with E-state index in [1.165, 1.54) is 12.3 Å². The van der Waals surface area contributed by atoms with Crippen LogP contribution in [0.15, 0.2) is 36.5 Å². The number of aromatic nitrogens is 1. The number of pyridine rings is 1. The molecule has 0 radical (unpaired) electrons. The number of aryl methyl sites for hydroxylation is 2. The lowest BCUT2D eigenvalue weighted by Crippen LogP contribution is -2.23. The largest absolute Gasteiger partial charge is 0.468 e. The second kappa shape index (κ2) is 9.34. The van der Waals surface area contributed by atoms with Crippen molar-refractivity contribution in [2.45, 2.75) is 39.4 Å². The average molecular weight is 394 g/mol. The van der Waals surface area contributed by atoms with Crippen molar-refractivity contribution in [3.05, 3.63) is 58.8 Å². The van der Waals surface area contributed by atoms with Gasteiger partial charge in [-0.15, -0.1) is 0 Å². The summed E-state index contributed by atoms with van der Waals surface area (Å²) in [6, 6.07) is 8.29. The van der Waals surface area contributed by atoms with E-state index >= 15 is 0 Å². The SMILES string of the molecule is Cc1ccc(C(=O)CCC(=O)NCc2ccnc(OCC(F)(F)F)c2)cc1C. The van der Waals surface area contributed by atoms with E-state index in [2.05, 4.69) is 15.0 Å². The number of halogens is 3. The van der Waals surface area contributed by atoms with E-state index in [0.717, 1.165) is 11.1 Å². The molecule has 2 aromatic rings. The third-order valence-electron chi connectivity index (χ3n) is 4.08. The van der Waals surface area contributed by atoms with Gasteiger partial charge in [0.05, 0.1) is 0 Å². The summed E-state index contributed by atoms with van der Waals surface area (Å²) in [5, 5.41) is 2.63. The number of Topliss-reactive ketones (excluding diaryl/α,β-unsaturated/α-hetero) is 1. The van der Waals surface area contributed by atoms with Crippen molar-refractivity contribution in [2.75, 3.05) is 6.61 Å². The van der Waals surface area contributed by atoms with Crippen LogP contribution < -0.4 is 10.1 Å². The van der Waals surface area contributed by atoms with E-state index in [0.29, 0.717) is 11.1 Å². The first kappa shape index (κ1) is 21.4. The van der Waals surface area contributed by atoms with Crippen LogP contribution in [0, 0.1) is 13.8 Å². The number of carbonyl (C=O) groups excluding carboxylic acids is 2. The smallest absolute Gasteiger partial charge is 0.422 e. The van der Waals surface area contributed by atoms with Gasteiger partial charge in [0.2, 0.25) is 11.8 Å². The van der Waals surface area contributed by atoms with Crippen LogP contribution in [0.3, 0.4) is 0 Å². The summed E-state index contributed by atoms with van der Waals surface area (Å²) in [5.41, 5.74) is 3.21. The van der Waals surface area contributed by atoms with Crippen molar-refractivity contribution < 1.29 is 27.5 Å². The molecule has 0 atom stereocenters. The molecule has 150 valence electrons. The Morgan fingerprint density at radius 1 is 1.07 bits per heavy atom. The molecule has 0 unspecified atom stereocenters. The zero-order valence-corrected chi connectivity index (χ0v) is 15.6. The summed E-state index contributed by atoms with van der Waals surface area (Å²) in [6.07, 6.45) is -3.05. The molecule has 1 aromatic carbocycles. The van der Waals surface area contributed by atoms with E-state index in [1.54, 1.807) is 18.2 Å². The number of alkyl halides is 3. The van der Waals surface area contributed by atoms with Gasteiger partial charge in [0, 0.05) is 37.2 Å². The second-order valence-corrected chi connectivity index (χ2v) is 6.41. The Morgan fingerprint density at radius 3 is 2.50 bits per heavy atom. The Morgan fingerprint density at radius 2 is 1.82 bits per heavy atom. The normalized spacial score (nSPS) is 11.2. The maximum atomic E-state index is 12.2. The molecular weight excluding hydrogens is 373 g/mol. The predicted molar refractivity (Wildman–Crippen MR) is 97.1 cm³/mol. The van der Waals surface area contributed by atoms with Gasteiger partial charge >= 0.3 is 6.18 Å². The number of nitrogens with one attached hydrogen (secondary N) is 1. The van der Waals surface area contributed by atoms with Crippen molar-refractivity contribution in [3.63, 3.8) is 0 Å². The molecule has 5 nitrogen and oxygen atoms in total. The van der Waals surface area contributed by atoms with Crippen molar-refractivity contribution in [2.24, 2.45) is 0 Å². The van der Waals surface area contributed by atoms with Crippen LogP contribution in [0.4, 0.5) is 13.2 Å². The Balaban J connectivity index is 1.80. The summed E-state index contributed by atoms with van der Waals surface area (Å²) >= 11 is 0. The van der Waals surface area contributed by atoms with Crippen LogP contribution in [-0.2, 0) is 11.3 Å². The number of hydrogen-bond donors (Lipinski definition) is 1. The van der Waals surface area contributed by atoms with Crippen LogP contribution in [0.2, 0.25) is 0 Å². The minimum absolute atomic E-state index is 0.0221. The molecule has 1 N–H and O–H groups in total. The van der Waals surface area contributed by atoms with Crippen molar-refractivity contribution in [1.82, 2.24) is 10.3 Å². The third kappa shape index (κ3) is 7.02. The van der Waals surface area contributed by atoms with E-state index < -0.39 is 12.8 Å². The van der Waals surface area contributed by atoms with Gasteiger partial charge in [-0.1, -0.05) is 12.1 Å². The fraction of sp³-hybridized carbons (Fsp3) is 0.350. The Labute approximate surface area is 160 Å². The first-order chi connectivity index (χ1) is 13.1. The fourth-order valence-electron chi connectivity index (χ4n) is 2.37. The molecule has 0 bridgehead atoms. The molecule has 28 heavy (non-hydrogen) atoms. The van der Waals surface area contributed by atoms with Gasteiger partial charge < -0.3 is 10.1 Å². The zero-order chi connectivity index (χ0) is 20.7. The second-order valence-electron chi connectivity index (χ2n) is 6.41. The van der Waals surface area contributed by atoms with Gasteiger partial charge in [0.1, 0.15) is 0 Å². The highest BCUT2D eigenvalue weighted by Crippen LogP contribution is 2.17. The summed E-state index contributed by atoms with van der Waals surface area (Å²) in [7, 11) is 0. The monoisotopic (exact) mass is 394 g/mol. The average Bonchev–Trinajstić information content (AvgIpc) is 2.64. The molecule has 0 aliphatic heterocycles. The minimum atomic E-state index is -4.45. The summed E-state index contributed by atoms with van der Waals surface area (Å²) < 4.78 is 41.1. The van der Waals surface area contributed by atoms with Crippen LogP contribution in [0.5, 0.6) is 5.88 Å². The van der Waals surface area contributed by atoms with E-state index in [4.69, 9.17) is 0 Å². The molecule has 1 amide bonds. The lowest BCUT2D eigenvalue weighted by Gasteiger charge is -2.10. The van der Waals surface area contributed by atoms with Gasteiger partial charge in [-0.25, -0.2) is 4.98 Å². The van der Waals surface area contributed by atoms with Crippen molar-refractivity contribution in [3.8, 4) is 5.88 Å². The number of hydrogen-bond acceptors (Lipinski definition) is 4. The molecule has 0 spiro atoms. The van der Waals surface area contributed by atoms with Crippen LogP contribution >= 0.6 is 0 Å². The number of rotatable bonds is 8. The first-order valence-corrected chi connectivity index (χ1v) is 8.65. The van der Waals surface area contributed by atoms with Gasteiger partial charge in [-0.3, -0.25) is 9.59 Å². The lowest BCUT2D eigenvalue weighted by molar-refractivity contribution is -0.154. The quantitative estimate of drug-likeness (QED) is 0.689. The van der Waals surface area contributed by atoms with Crippen molar-refractivity contribution in [1.29, 1.82) is 0 Å². The summed E-state index contributed by atoms with van der Waals surface area (Å²) in [5.74, 6) is -0.620. The van der Waals surface area contributed by atoms with Crippen LogP contribution in [0.1, 0.15) is 39.9 Å². The molecule has 1 aromatic heterocycles. The van der Waals surface area contributed by atoms with Gasteiger partial charge in [-0.05, 0) is 42.7 Å². The van der Waals surface area contributed by atoms with E-state index in [-0.39, 0.29) is 37.0 Å². The number of nitrogens with zero attached hydrogens (tertiary/aromatic N) is 1. The Kier molecular flexibility index (Phi) is 7.14. The number of benzene rings is 1. The molecule has 2 rings (SSSR count). The number of amides is 1. The number of ether oxygens (including phenoxy) is 1.